The molecule has 4 rings (SSSR count). The highest BCUT2D eigenvalue weighted by molar-refractivity contribution is 5.84. The number of aliphatic hydroxyl groups is 1. The number of Topliss-reactive ketones (excluding diaryl/α,β-unsaturated/α-hetero) is 2. The van der Waals surface area contributed by atoms with E-state index in [9.17, 15) is 14.7 Å². The summed E-state index contributed by atoms with van der Waals surface area (Å²) in [6.45, 7) is 18.1. The molecule has 0 saturated heterocycles. The number of carbonyl (C=O) groups is 2. The van der Waals surface area contributed by atoms with Crippen LogP contribution in [-0.4, -0.2) is 16.7 Å². The molecular formula is C42H61NO3. The Morgan fingerprint density at radius 3 is 1.74 bits per heavy atom. The third-order valence-corrected chi connectivity index (χ3v) is 11.0. The quantitative estimate of drug-likeness (QED) is 0.269. The Morgan fingerprint density at radius 1 is 0.783 bits per heavy atom. The maximum absolute atomic E-state index is 12.9. The van der Waals surface area contributed by atoms with Crippen LogP contribution in [0.25, 0.3) is 0 Å². The highest BCUT2D eigenvalue weighted by atomic mass is 16.3. The molecule has 2 aliphatic rings. The Bertz CT molecular complexity index is 1280. The molecule has 4 nitrogen and oxygen atoms in total. The van der Waals surface area contributed by atoms with Gasteiger partial charge in [0.1, 0.15) is 11.6 Å². The lowest BCUT2D eigenvalue weighted by Crippen LogP contribution is -2.37. The summed E-state index contributed by atoms with van der Waals surface area (Å²) in [5.74, 6) is 3.25. The minimum Gasteiger partial charge on any atom is -0.388 e. The average molecular weight is 628 g/mol. The molecule has 0 amide bonds. The van der Waals surface area contributed by atoms with Crippen molar-refractivity contribution in [1.29, 1.82) is 5.26 Å². The standard InChI is InChI=1S/C21H29NO.C21H32O2/c1-15(2)18-9-11-21(3,4)14-19(18)20(23)13-17-7-5-16(6-8-17)10-12-22;1-15(2)17-12-13-21(3,4)14-18(17)20(23)11-10-19(22)16-8-6-5-7-9-16/h5-8,15,18-19H,9-11,13-14H2,1-4H3;5-9,15,17-19,22H,10-14H2,1-4H3. The average Bonchev–Trinajstić information content (AvgIpc) is 3.00. The van der Waals surface area contributed by atoms with Crippen LogP contribution in [-0.2, 0) is 22.4 Å². The lowest BCUT2D eigenvalue weighted by atomic mass is 9.62. The summed E-state index contributed by atoms with van der Waals surface area (Å²) >= 11 is 0. The van der Waals surface area contributed by atoms with Gasteiger partial charge in [0.15, 0.2) is 0 Å². The molecule has 46 heavy (non-hydrogen) atoms. The van der Waals surface area contributed by atoms with Crippen LogP contribution in [0, 0.1) is 57.7 Å². The predicted molar refractivity (Wildman–Crippen MR) is 189 cm³/mol. The fraction of sp³-hybridized carbons (Fsp3) is 0.643. The second-order valence-electron chi connectivity index (χ2n) is 16.6. The first-order chi connectivity index (χ1) is 21.6. The fourth-order valence-electron chi connectivity index (χ4n) is 8.02. The normalized spacial score (nSPS) is 24.4. The number of carbonyl (C=O) groups excluding carboxylic acids is 2. The molecule has 0 radical (unpaired) electrons. The summed E-state index contributed by atoms with van der Waals surface area (Å²) in [7, 11) is 0. The molecule has 2 aromatic carbocycles. The summed E-state index contributed by atoms with van der Waals surface area (Å²) in [6.07, 6.45) is 8.22. The molecule has 0 aromatic heterocycles. The maximum atomic E-state index is 12.9. The van der Waals surface area contributed by atoms with Crippen molar-refractivity contribution in [1.82, 2.24) is 0 Å². The van der Waals surface area contributed by atoms with E-state index in [4.69, 9.17) is 5.26 Å². The minimum absolute atomic E-state index is 0.168. The number of hydrogen-bond acceptors (Lipinski definition) is 4. The van der Waals surface area contributed by atoms with Crippen LogP contribution in [0.15, 0.2) is 54.6 Å². The van der Waals surface area contributed by atoms with E-state index in [1.165, 1.54) is 19.3 Å². The van der Waals surface area contributed by atoms with Crippen molar-refractivity contribution in [2.45, 2.75) is 126 Å². The van der Waals surface area contributed by atoms with Crippen LogP contribution in [0.2, 0.25) is 0 Å². The van der Waals surface area contributed by atoms with Crippen molar-refractivity contribution in [3.05, 3.63) is 71.3 Å². The molecule has 2 aliphatic carbocycles. The van der Waals surface area contributed by atoms with Crippen molar-refractivity contribution in [3.63, 3.8) is 0 Å². The van der Waals surface area contributed by atoms with Gasteiger partial charge in [0.05, 0.1) is 18.6 Å². The lowest BCUT2D eigenvalue weighted by Gasteiger charge is -2.42. The smallest absolute Gasteiger partial charge is 0.140 e. The van der Waals surface area contributed by atoms with E-state index in [0.717, 1.165) is 36.0 Å². The van der Waals surface area contributed by atoms with Crippen molar-refractivity contribution < 1.29 is 14.7 Å². The van der Waals surface area contributed by atoms with Crippen LogP contribution >= 0.6 is 0 Å². The number of rotatable bonds is 11. The van der Waals surface area contributed by atoms with Gasteiger partial charge in [0.2, 0.25) is 0 Å². The molecule has 0 heterocycles. The third-order valence-electron chi connectivity index (χ3n) is 11.0. The van der Waals surface area contributed by atoms with Crippen LogP contribution in [0.3, 0.4) is 0 Å². The number of aliphatic hydroxyl groups excluding tert-OH is 1. The number of hydrogen-bond donors (Lipinski definition) is 1. The highest BCUT2D eigenvalue weighted by Gasteiger charge is 2.40. The van der Waals surface area contributed by atoms with E-state index < -0.39 is 6.10 Å². The van der Waals surface area contributed by atoms with E-state index in [1.807, 2.05) is 54.6 Å². The zero-order valence-corrected chi connectivity index (χ0v) is 30.0. The first-order valence-corrected chi connectivity index (χ1v) is 17.9. The van der Waals surface area contributed by atoms with Gasteiger partial charge in [-0.3, -0.25) is 9.59 Å². The van der Waals surface area contributed by atoms with Crippen LogP contribution < -0.4 is 0 Å². The van der Waals surface area contributed by atoms with Gasteiger partial charge >= 0.3 is 0 Å². The minimum atomic E-state index is -0.533. The molecule has 0 aliphatic heterocycles. The van der Waals surface area contributed by atoms with Gasteiger partial charge in [-0.1, -0.05) is 110 Å². The Hall–Kier alpha value is -2.77. The fourth-order valence-corrected chi connectivity index (χ4v) is 8.02. The monoisotopic (exact) mass is 627 g/mol. The van der Waals surface area contributed by atoms with Gasteiger partial charge in [0.25, 0.3) is 0 Å². The lowest BCUT2D eigenvalue weighted by molar-refractivity contribution is -0.129. The van der Waals surface area contributed by atoms with Gasteiger partial charge in [-0.2, -0.15) is 5.26 Å². The zero-order valence-electron chi connectivity index (χ0n) is 30.0. The van der Waals surface area contributed by atoms with Crippen molar-refractivity contribution >= 4 is 11.6 Å². The molecule has 5 atom stereocenters. The van der Waals surface area contributed by atoms with Gasteiger partial charge in [-0.05, 0) is 96.1 Å². The molecule has 4 heteroatoms. The van der Waals surface area contributed by atoms with Gasteiger partial charge in [0, 0.05) is 24.7 Å². The number of ketones is 2. The van der Waals surface area contributed by atoms with Crippen molar-refractivity contribution in [2.24, 2.45) is 46.3 Å². The third kappa shape index (κ3) is 11.2. The molecule has 2 fully saturated rings. The predicted octanol–water partition coefficient (Wildman–Crippen LogP) is 10.1. The van der Waals surface area contributed by atoms with Crippen molar-refractivity contribution in [3.8, 4) is 6.07 Å². The molecule has 0 bridgehead atoms. The molecule has 2 aromatic rings. The first-order valence-electron chi connectivity index (χ1n) is 17.9. The highest BCUT2D eigenvalue weighted by Crippen LogP contribution is 2.46. The summed E-state index contributed by atoms with van der Waals surface area (Å²) < 4.78 is 0. The summed E-state index contributed by atoms with van der Waals surface area (Å²) in [4.78, 5) is 25.8. The van der Waals surface area contributed by atoms with Gasteiger partial charge < -0.3 is 5.11 Å². The largest absolute Gasteiger partial charge is 0.388 e. The second kappa shape index (κ2) is 16.9. The van der Waals surface area contributed by atoms with Gasteiger partial charge in [-0.25, -0.2) is 0 Å². The second-order valence-corrected chi connectivity index (χ2v) is 16.6. The van der Waals surface area contributed by atoms with Crippen molar-refractivity contribution in [2.75, 3.05) is 0 Å². The zero-order chi connectivity index (χ0) is 34.1. The Balaban J connectivity index is 0.000000250. The van der Waals surface area contributed by atoms with Crippen LogP contribution in [0.4, 0.5) is 0 Å². The van der Waals surface area contributed by atoms with E-state index in [0.29, 0.717) is 60.9 Å². The molecule has 0 spiro atoms. The molecular weight excluding hydrogens is 566 g/mol. The van der Waals surface area contributed by atoms with E-state index in [1.54, 1.807) is 0 Å². The molecule has 5 unspecified atom stereocenters. The molecule has 252 valence electrons. The Morgan fingerprint density at radius 2 is 1.26 bits per heavy atom. The van der Waals surface area contributed by atoms with Gasteiger partial charge in [-0.15, -0.1) is 0 Å². The van der Waals surface area contributed by atoms with E-state index in [-0.39, 0.29) is 22.7 Å². The SMILES string of the molecule is CC(C)C1CCC(C)(C)CC1C(=O)CCC(O)c1ccccc1.CC(C)C1CCC(C)(C)CC1C(=O)Cc1ccc(CC#N)cc1. The summed E-state index contributed by atoms with van der Waals surface area (Å²) in [5.41, 5.74) is 3.54. The summed E-state index contributed by atoms with van der Waals surface area (Å²) in [6, 6.07) is 19.8. The number of nitriles is 1. The molecule has 2 saturated carbocycles. The first kappa shape index (κ1) is 37.7. The Labute approximate surface area is 280 Å². The maximum Gasteiger partial charge on any atom is 0.140 e. The van der Waals surface area contributed by atoms with Crippen LogP contribution in [0.5, 0.6) is 0 Å². The number of benzene rings is 2. The van der Waals surface area contributed by atoms with E-state index >= 15 is 0 Å². The number of nitrogens with zero attached hydrogens (tertiary/aromatic N) is 1. The summed E-state index contributed by atoms with van der Waals surface area (Å²) in [5, 5.41) is 19.0. The Kier molecular flexibility index (Phi) is 13.8. The topological polar surface area (TPSA) is 78.2 Å². The molecule has 1 N–H and O–H groups in total. The van der Waals surface area contributed by atoms with Crippen LogP contribution in [0.1, 0.15) is 130 Å². The van der Waals surface area contributed by atoms with E-state index in [2.05, 4.69) is 61.5 Å².